The van der Waals surface area contributed by atoms with E-state index in [2.05, 4.69) is 10.0 Å². The van der Waals surface area contributed by atoms with Gasteiger partial charge in [0.2, 0.25) is 5.91 Å². The third kappa shape index (κ3) is 6.34. The molecular formula is C28H35FN4O4. The van der Waals surface area contributed by atoms with E-state index in [0.717, 1.165) is 18.7 Å². The Bertz CT molecular complexity index is 1130. The quantitative estimate of drug-likeness (QED) is 0.518. The minimum absolute atomic E-state index is 0.0899. The number of para-hydroxylation sites is 1. The van der Waals surface area contributed by atoms with Crippen LogP contribution < -0.4 is 4.74 Å². The van der Waals surface area contributed by atoms with Gasteiger partial charge in [-0.1, -0.05) is 50.2 Å². The molecule has 0 radical (unpaired) electrons. The van der Waals surface area contributed by atoms with Crippen molar-refractivity contribution >= 4 is 17.5 Å². The van der Waals surface area contributed by atoms with Crippen molar-refractivity contribution in [2.75, 3.05) is 53.0 Å². The fraction of sp³-hybridized carbons (Fsp3) is 0.464. The lowest BCUT2D eigenvalue weighted by atomic mass is 9.97. The monoisotopic (exact) mass is 510 g/mol. The van der Waals surface area contributed by atoms with Crippen molar-refractivity contribution in [1.82, 2.24) is 14.8 Å². The van der Waals surface area contributed by atoms with Gasteiger partial charge in [-0.15, -0.1) is 0 Å². The van der Waals surface area contributed by atoms with Crippen molar-refractivity contribution in [3.8, 4) is 5.75 Å². The molecule has 2 aromatic rings. The summed E-state index contributed by atoms with van der Waals surface area (Å²) in [5.41, 5.74) is 1.63. The first-order chi connectivity index (χ1) is 17.9. The van der Waals surface area contributed by atoms with E-state index in [9.17, 15) is 14.0 Å². The third-order valence-electron chi connectivity index (χ3n) is 6.77. The number of carbonyl (C=O) groups is 2. The Morgan fingerprint density at radius 1 is 1.14 bits per heavy atom. The molecule has 1 saturated heterocycles. The highest BCUT2D eigenvalue weighted by Gasteiger charge is 2.36. The Kier molecular flexibility index (Phi) is 8.89. The number of morpholine rings is 1. The molecule has 2 aliphatic heterocycles. The number of hydrogen-bond acceptors (Lipinski definition) is 6. The van der Waals surface area contributed by atoms with Gasteiger partial charge < -0.3 is 14.4 Å². The molecule has 1 atom stereocenters. The maximum Gasteiger partial charge on any atom is 0.262 e. The fourth-order valence-corrected chi connectivity index (χ4v) is 4.74. The first kappa shape index (κ1) is 26.8. The SMILES string of the molecule is COc1ccccc1[C@@H]1CC(c2ccccc2F)=NN1C(=O)CN(CCN1CCOCC1)C(=O)C(C)C. The van der Waals surface area contributed by atoms with Crippen LogP contribution in [-0.4, -0.2) is 85.4 Å². The standard InChI is InChI=1S/C28H35FN4O4/c1-20(2)28(35)32(13-12-31-14-16-37-17-15-31)19-27(34)33-25(22-9-5-7-11-26(22)36-3)18-24(30-33)21-8-4-6-10-23(21)29/h4-11,20,25H,12-19H2,1-3H3/t25-/m0/s1. The van der Waals surface area contributed by atoms with Gasteiger partial charge in [-0.2, -0.15) is 5.10 Å². The maximum atomic E-state index is 14.7. The maximum absolute atomic E-state index is 14.7. The van der Waals surface area contributed by atoms with E-state index in [-0.39, 0.29) is 24.3 Å². The third-order valence-corrected chi connectivity index (χ3v) is 6.77. The van der Waals surface area contributed by atoms with Crippen LogP contribution in [-0.2, 0) is 14.3 Å². The van der Waals surface area contributed by atoms with Crippen molar-refractivity contribution in [2.24, 2.45) is 11.0 Å². The van der Waals surface area contributed by atoms with Gasteiger partial charge in [0.15, 0.2) is 0 Å². The zero-order chi connectivity index (χ0) is 26.4. The lowest BCUT2D eigenvalue weighted by molar-refractivity contribution is -0.143. The Morgan fingerprint density at radius 2 is 1.84 bits per heavy atom. The molecule has 0 aliphatic carbocycles. The second-order valence-electron chi connectivity index (χ2n) is 9.60. The van der Waals surface area contributed by atoms with Crippen LogP contribution >= 0.6 is 0 Å². The molecule has 2 aromatic carbocycles. The number of carbonyl (C=O) groups excluding carboxylic acids is 2. The van der Waals surface area contributed by atoms with E-state index >= 15 is 0 Å². The summed E-state index contributed by atoms with van der Waals surface area (Å²) in [7, 11) is 1.58. The molecule has 0 unspecified atom stereocenters. The van der Waals surface area contributed by atoms with Gasteiger partial charge in [0.25, 0.3) is 5.91 Å². The van der Waals surface area contributed by atoms with Crippen LogP contribution in [0.3, 0.4) is 0 Å². The van der Waals surface area contributed by atoms with Crippen LogP contribution in [0.15, 0.2) is 53.6 Å². The number of halogens is 1. The molecule has 4 rings (SSSR count). The first-order valence-electron chi connectivity index (χ1n) is 12.7. The number of nitrogens with zero attached hydrogens (tertiary/aromatic N) is 4. The van der Waals surface area contributed by atoms with Crippen LogP contribution in [0.5, 0.6) is 5.75 Å². The van der Waals surface area contributed by atoms with E-state index in [4.69, 9.17) is 9.47 Å². The van der Waals surface area contributed by atoms with Crippen molar-refractivity contribution in [3.63, 3.8) is 0 Å². The van der Waals surface area contributed by atoms with Gasteiger partial charge in [0.1, 0.15) is 18.1 Å². The topological polar surface area (TPSA) is 74.7 Å². The summed E-state index contributed by atoms with van der Waals surface area (Å²) in [6, 6.07) is 13.4. The molecule has 198 valence electrons. The first-order valence-corrected chi connectivity index (χ1v) is 12.7. The Hall–Kier alpha value is -3.30. The predicted octanol–water partition coefficient (Wildman–Crippen LogP) is 3.33. The summed E-state index contributed by atoms with van der Waals surface area (Å²) in [5, 5.41) is 6.00. The second-order valence-corrected chi connectivity index (χ2v) is 9.60. The average Bonchev–Trinajstić information content (AvgIpc) is 3.36. The molecule has 1 fully saturated rings. The van der Waals surface area contributed by atoms with E-state index in [0.29, 0.717) is 49.7 Å². The molecule has 37 heavy (non-hydrogen) atoms. The number of rotatable bonds is 9. The van der Waals surface area contributed by atoms with Gasteiger partial charge in [-0.25, -0.2) is 9.40 Å². The summed E-state index contributed by atoms with van der Waals surface area (Å²) in [5.74, 6) is -0.432. The normalized spacial score (nSPS) is 18.1. The van der Waals surface area contributed by atoms with Crippen LogP contribution in [0.1, 0.15) is 37.4 Å². The van der Waals surface area contributed by atoms with Crippen LogP contribution in [0.25, 0.3) is 0 Å². The number of methoxy groups -OCH3 is 1. The van der Waals surface area contributed by atoms with Gasteiger partial charge >= 0.3 is 0 Å². The summed E-state index contributed by atoms with van der Waals surface area (Å²) < 4.78 is 25.6. The lowest BCUT2D eigenvalue weighted by Gasteiger charge is -2.32. The molecule has 2 heterocycles. The number of hydrazone groups is 1. The second kappa shape index (κ2) is 12.3. The molecule has 0 spiro atoms. The summed E-state index contributed by atoms with van der Waals surface area (Å²) in [6.07, 6.45) is 0.332. The van der Waals surface area contributed by atoms with E-state index in [1.165, 1.54) is 11.1 Å². The smallest absolute Gasteiger partial charge is 0.262 e. The predicted molar refractivity (Wildman–Crippen MR) is 139 cm³/mol. The lowest BCUT2D eigenvalue weighted by Crippen LogP contribution is -2.47. The Labute approximate surface area is 217 Å². The molecule has 8 nitrogen and oxygen atoms in total. The van der Waals surface area contributed by atoms with Crippen molar-refractivity contribution in [3.05, 3.63) is 65.5 Å². The average molecular weight is 511 g/mol. The minimum Gasteiger partial charge on any atom is -0.496 e. The number of ether oxygens (including phenoxy) is 2. The van der Waals surface area contributed by atoms with Gasteiger partial charge in [0.05, 0.1) is 32.1 Å². The highest BCUT2D eigenvalue weighted by molar-refractivity contribution is 6.03. The van der Waals surface area contributed by atoms with Gasteiger partial charge in [-0.05, 0) is 12.1 Å². The zero-order valence-corrected chi connectivity index (χ0v) is 21.7. The molecule has 2 aliphatic rings. The van der Waals surface area contributed by atoms with Crippen molar-refractivity contribution in [1.29, 1.82) is 0 Å². The van der Waals surface area contributed by atoms with E-state index in [1.54, 1.807) is 30.2 Å². The van der Waals surface area contributed by atoms with E-state index in [1.807, 2.05) is 38.1 Å². The number of amides is 2. The summed E-state index contributed by atoms with van der Waals surface area (Å²) in [4.78, 5) is 30.6. The largest absolute Gasteiger partial charge is 0.496 e. The van der Waals surface area contributed by atoms with Crippen LogP contribution in [0.4, 0.5) is 4.39 Å². The van der Waals surface area contributed by atoms with Crippen molar-refractivity contribution < 1.29 is 23.5 Å². The molecule has 0 saturated carbocycles. The molecule has 0 aromatic heterocycles. The number of hydrogen-bond donors (Lipinski definition) is 0. The Balaban J connectivity index is 1.60. The molecular weight excluding hydrogens is 475 g/mol. The molecule has 2 amide bonds. The van der Waals surface area contributed by atoms with E-state index < -0.39 is 11.9 Å². The summed E-state index contributed by atoms with van der Waals surface area (Å²) in [6.45, 7) is 7.58. The molecule has 0 N–H and O–H groups in total. The minimum atomic E-state index is -0.478. The Morgan fingerprint density at radius 3 is 2.54 bits per heavy atom. The highest BCUT2D eigenvalue weighted by atomic mass is 19.1. The zero-order valence-electron chi connectivity index (χ0n) is 21.7. The highest BCUT2D eigenvalue weighted by Crippen LogP contribution is 2.37. The molecule has 9 heteroatoms. The number of benzene rings is 2. The van der Waals surface area contributed by atoms with Crippen LogP contribution in [0.2, 0.25) is 0 Å². The van der Waals surface area contributed by atoms with Gasteiger partial charge in [0, 0.05) is 49.6 Å². The molecule has 0 bridgehead atoms. The fourth-order valence-electron chi connectivity index (χ4n) is 4.74. The van der Waals surface area contributed by atoms with Gasteiger partial charge in [-0.3, -0.25) is 14.5 Å². The van der Waals surface area contributed by atoms with Crippen LogP contribution in [0, 0.1) is 11.7 Å². The van der Waals surface area contributed by atoms with Crippen molar-refractivity contribution in [2.45, 2.75) is 26.3 Å². The summed E-state index contributed by atoms with van der Waals surface area (Å²) >= 11 is 0.